The van der Waals surface area contributed by atoms with Crippen molar-refractivity contribution in [3.05, 3.63) is 34.9 Å². The van der Waals surface area contributed by atoms with Gasteiger partial charge in [-0.05, 0) is 50.3 Å². The Balaban J connectivity index is 2.46. The van der Waals surface area contributed by atoms with E-state index in [1.807, 2.05) is 0 Å². The Bertz CT molecular complexity index is 1150. The van der Waals surface area contributed by atoms with E-state index in [2.05, 4.69) is 31.9 Å². The molecule has 1 fully saturated rings. The molecule has 1 heterocycles. The normalized spacial score (nSPS) is 24.3. The molecular weight excluding hydrogens is 552 g/mol. The Morgan fingerprint density at radius 2 is 1.80 bits per heavy atom. The monoisotopic (exact) mass is 592 g/mol. The second-order valence-corrected chi connectivity index (χ2v) is 10.9. The number of hydrogen-bond acceptors (Lipinski definition) is 6. The Hall–Kier alpha value is -3.87. The molecule has 2 rings (SSSR count). The van der Waals surface area contributed by atoms with E-state index in [4.69, 9.17) is 22.7 Å². The van der Waals surface area contributed by atoms with E-state index in [1.165, 1.54) is 6.92 Å². The van der Waals surface area contributed by atoms with Gasteiger partial charge in [0, 0.05) is 24.0 Å². The lowest BCUT2D eigenvalue weighted by molar-refractivity contribution is -0.138. The first-order chi connectivity index (χ1) is 19.3. The lowest BCUT2D eigenvalue weighted by atomic mass is 9.94. The molecule has 1 saturated heterocycles. The topological polar surface area (TPSA) is 207 Å². The van der Waals surface area contributed by atoms with E-state index in [0.29, 0.717) is 17.0 Å². The molecule has 226 valence electrons. The SMILES string of the molecule is CC[C@@H]1NC(=O)[C@H](CCCNC(=N)N)NC(=O)[C@](C)(NC(=O)C(C)C)CCNC(=O)C(c2cccc(Cl)c2)NC1=O. The minimum Gasteiger partial charge on any atom is -0.370 e. The van der Waals surface area contributed by atoms with Crippen LogP contribution in [0.2, 0.25) is 5.02 Å². The Kier molecular flexibility index (Phi) is 12.4. The van der Waals surface area contributed by atoms with Crippen LogP contribution in [-0.2, 0) is 24.0 Å². The van der Waals surface area contributed by atoms with Crippen LogP contribution in [0.4, 0.5) is 0 Å². The predicted octanol–water partition coefficient (Wildman–Crippen LogP) is 0.191. The van der Waals surface area contributed by atoms with Gasteiger partial charge < -0.3 is 37.6 Å². The predicted molar refractivity (Wildman–Crippen MR) is 155 cm³/mol. The summed E-state index contributed by atoms with van der Waals surface area (Å²) in [6.07, 6.45) is 0.724. The maximum absolute atomic E-state index is 13.6. The van der Waals surface area contributed by atoms with Gasteiger partial charge in [0.15, 0.2) is 5.96 Å². The lowest BCUT2D eigenvalue weighted by Crippen LogP contribution is -2.63. The van der Waals surface area contributed by atoms with E-state index in [1.54, 1.807) is 45.0 Å². The van der Waals surface area contributed by atoms with Gasteiger partial charge in [0.25, 0.3) is 0 Å². The third kappa shape index (κ3) is 9.92. The standard InChI is InChI=1S/C27H41ClN8O5/c1-5-18-22(38)35-20(16-8-6-9-17(28)14-16)24(40)31-13-11-27(4,36-21(37)15(2)3)25(41)34-19(23(39)33-18)10-7-12-32-26(29)30/h6,8-9,14-15,18-20H,5,7,10-13H2,1-4H3,(H,31,40)(H,33,39)(H,34,41)(H,35,38)(H,36,37)(H4,29,30,32)/t18-,19-,20?,27+/m0/s1. The molecule has 1 aromatic carbocycles. The smallest absolute Gasteiger partial charge is 0.247 e. The molecule has 0 bridgehead atoms. The summed E-state index contributed by atoms with van der Waals surface area (Å²) < 4.78 is 0. The summed E-state index contributed by atoms with van der Waals surface area (Å²) in [5.41, 5.74) is 4.29. The molecule has 0 saturated carbocycles. The molecule has 41 heavy (non-hydrogen) atoms. The molecule has 5 amide bonds. The van der Waals surface area contributed by atoms with E-state index in [-0.39, 0.29) is 44.2 Å². The molecule has 13 nitrogen and oxygen atoms in total. The van der Waals surface area contributed by atoms with Crippen LogP contribution in [-0.4, -0.2) is 66.2 Å². The van der Waals surface area contributed by atoms with Crippen LogP contribution >= 0.6 is 11.6 Å². The van der Waals surface area contributed by atoms with Gasteiger partial charge in [-0.25, -0.2) is 0 Å². The van der Waals surface area contributed by atoms with Crippen molar-refractivity contribution in [3.63, 3.8) is 0 Å². The number of rotatable bonds is 8. The minimum atomic E-state index is -1.48. The first-order valence-corrected chi connectivity index (χ1v) is 14.0. The molecule has 1 aromatic rings. The Morgan fingerprint density at radius 3 is 2.41 bits per heavy atom. The molecule has 0 spiro atoms. The van der Waals surface area contributed by atoms with Crippen LogP contribution in [0.5, 0.6) is 0 Å². The second-order valence-electron chi connectivity index (χ2n) is 10.5. The van der Waals surface area contributed by atoms with Crippen molar-refractivity contribution in [3.8, 4) is 0 Å². The summed E-state index contributed by atoms with van der Waals surface area (Å²) in [4.78, 5) is 66.2. The number of hydrogen-bond donors (Lipinski definition) is 8. The second kappa shape index (κ2) is 15.2. The number of halogens is 1. The van der Waals surface area contributed by atoms with E-state index in [0.717, 1.165) is 0 Å². The number of nitrogens with one attached hydrogen (secondary N) is 7. The molecule has 1 unspecified atom stereocenters. The first kappa shape index (κ1) is 33.3. The summed E-state index contributed by atoms with van der Waals surface area (Å²) in [5, 5.41) is 24.0. The molecule has 1 aliphatic rings. The first-order valence-electron chi connectivity index (χ1n) is 13.6. The van der Waals surface area contributed by atoms with Crippen molar-refractivity contribution >= 4 is 47.1 Å². The van der Waals surface area contributed by atoms with Crippen LogP contribution in [0.3, 0.4) is 0 Å². The van der Waals surface area contributed by atoms with Crippen LogP contribution in [0.1, 0.15) is 65.0 Å². The molecule has 0 aliphatic carbocycles. The van der Waals surface area contributed by atoms with Gasteiger partial charge in [-0.15, -0.1) is 0 Å². The number of nitrogens with two attached hydrogens (primary N) is 1. The average molecular weight is 593 g/mol. The van der Waals surface area contributed by atoms with Crippen molar-refractivity contribution in [2.24, 2.45) is 11.7 Å². The molecule has 14 heteroatoms. The highest BCUT2D eigenvalue weighted by Crippen LogP contribution is 2.20. The van der Waals surface area contributed by atoms with Crippen LogP contribution < -0.4 is 37.6 Å². The van der Waals surface area contributed by atoms with Crippen molar-refractivity contribution in [1.29, 1.82) is 5.41 Å². The fourth-order valence-electron chi connectivity index (χ4n) is 4.16. The lowest BCUT2D eigenvalue weighted by Gasteiger charge is -2.33. The summed E-state index contributed by atoms with van der Waals surface area (Å²) >= 11 is 6.15. The zero-order valence-electron chi connectivity index (χ0n) is 23.9. The molecule has 4 atom stereocenters. The van der Waals surface area contributed by atoms with Gasteiger partial charge in [-0.1, -0.05) is 44.5 Å². The van der Waals surface area contributed by atoms with Gasteiger partial charge in [0.2, 0.25) is 29.5 Å². The quantitative estimate of drug-likeness (QED) is 0.119. The molecule has 0 aromatic heterocycles. The molecule has 0 radical (unpaired) electrons. The highest BCUT2D eigenvalue weighted by molar-refractivity contribution is 6.30. The summed E-state index contributed by atoms with van der Waals surface area (Å²) in [7, 11) is 0. The molecular formula is C27H41ClN8O5. The van der Waals surface area contributed by atoms with Crippen LogP contribution in [0.25, 0.3) is 0 Å². The van der Waals surface area contributed by atoms with Crippen molar-refractivity contribution in [1.82, 2.24) is 31.9 Å². The highest BCUT2D eigenvalue weighted by Gasteiger charge is 2.38. The van der Waals surface area contributed by atoms with Crippen LogP contribution in [0, 0.1) is 11.3 Å². The summed E-state index contributed by atoms with van der Waals surface area (Å²) in [5.74, 6) is -3.40. The van der Waals surface area contributed by atoms with Crippen LogP contribution in [0.15, 0.2) is 24.3 Å². The van der Waals surface area contributed by atoms with Crippen molar-refractivity contribution in [2.45, 2.75) is 77.0 Å². The van der Waals surface area contributed by atoms with Crippen molar-refractivity contribution < 1.29 is 24.0 Å². The number of guanidine groups is 1. The summed E-state index contributed by atoms with van der Waals surface area (Å²) in [6, 6.07) is 3.28. The maximum atomic E-state index is 13.6. The number of carbonyl (C=O) groups is 5. The van der Waals surface area contributed by atoms with Crippen molar-refractivity contribution in [2.75, 3.05) is 13.1 Å². The van der Waals surface area contributed by atoms with E-state index >= 15 is 0 Å². The number of benzene rings is 1. The van der Waals surface area contributed by atoms with E-state index < -0.39 is 53.2 Å². The summed E-state index contributed by atoms with van der Waals surface area (Å²) in [6.45, 7) is 6.85. The number of amides is 5. The third-order valence-electron chi connectivity index (χ3n) is 6.73. The zero-order chi connectivity index (χ0) is 30.7. The number of carbonyl (C=O) groups excluding carboxylic acids is 5. The van der Waals surface area contributed by atoms with Gasteiger partial charge in [0.1, 0.15) is 23.7 Å². The fraction of sp³-hybridized carbons (Fsp3) is 0.556. The third-order valence-corrected chi connectivity index (χ3v) is 6.96. The van der Waals surface area contributed by atoms with Gasteiger partial charge in [-0.2, -0.15) is 0 Å². The van der Waals surface area contributed by atoms with Gasteiger partial charge in [0.05, 0.1) is 0 Å². The van der Waals surface area contributed by atoms with Gasteiger partial charge >= 0.3 is 0 Å². The fourth-order valence-corrected chi connectivity index (χ4v) is 4.36. The minimum absolute atomic E-state index is 0.00291. The maximum Gasteiger partial charge on any atom is 0.247 e. The van der Waals surface area contributed by atoms with E-state index in [9.17, 15) is 24.0 Å². The van der Waals surface area contributed by atoms with Gasteiger partial charge in [-0.3, -0.25) is 29.4 Å². The highest BCUT2D eigenvalue weighted by atomic mass is 35.5. The molecule has 1 aliphatic heterocycles. The largest absolute Gasteiger partial charge is 0.370 e. The Labute approximate surface area is 245 Å². The average Bonchev–Trinajstić information content (AvgIpc) is 2.90. The zero-order valence-corrected chi connectivity index (χ0v) is 24.6. The molecule has 9 N–H and O–H groups in total. The Morgan fingerprint density at radius 1 is 1.12 bits per heavy atom.